The van der Waals surface area contributed by atoms with Gasteiger partial charge < -0.3 is 9.88 Å². The SMILES string of the molecule is Cn1cc(C(=O)N[C@H]2CCc3c(Br)cccc32)ccc1=O. The van der Waals surface area contributed by atoms with Crippen molar-refractivity contribution in [3.63, 3.8) is 0 Å². The lowest BCUT2D eigenvalue weighted by Crippen LogP contribution is -2.28. The molecule has 0 aliphatic heterocycles. The summed E-state index contributed by atoms with van der Waals surface area (Å²) in [5.74, 6) is -0.150. The van der Waals surface area contributed by atoms with Gasteiger partial charge in [0, 0.05) is 23.8 Å². The molecular formula is C16H15BrN2O2. The first-order valence-electron chi connectivity index (χ1n) is 6.81. The Bertz CT molecular complexity index is 767. The zero-order valence-corrected chi connectivity index (χ0v) is 13.2. The van der Waals surface area contributed by atoms with Crippen molar-refractivity contribution in [1.29, 1.82) is 0 Å². The van der Waals surface area contributed by atoms with Crippen LogP contribution in [0.15, 0.2) is 45.8 Å². The average molecular weight is 347 g/mol. The highest BCUT2D eigenvalue weighted by molar-refractivity contribution is 9.10. The molecule has 4 nitrogen and oxygen atoms in total. The van der Waals surface area contributed by atoms with Crippen molar-refractivity contribution in [3.05, 3.63) is 68.0 Å². The summed E-state index contributed by atoms with van der Waals surface area (Å²) in [7, 11) is 1.64. The topological polar surface area (TPSA) is 51.1 Å². The molecule has 108 valence electrons. The van der Waals surface area contributed by atoms with Gasteiger partial charge in [0.05, 0.1) is 11.6 Å². The lowest BCUT2D eigenvalue weighted by molar-refractivity contribution is 0.0936. The highest BCUT2D eigenvalue weighted by atomic mass is 79.9. The standard InChI is InChI=1S/C16H15BrN2O2/c1-19-9-10(5-8-15(19)20)16(21)18-14-7-6-11-12(14)3-2-4-13(11)17/h2-5,8-9,14H,6-7H2,1H3,(H,18,21)/t14-/m0/s1. The monoisotopic (exact) mass is 346 g/mol. The summed E-state index contributed by atoms with van der Waals surface area (Å²) in [5.41, 5.74) is 2.81. The molecule has 0 radical (unpaired) electrons. The first-order chi connectivity index (χ1) is 10.1. The first-order valence-corrected chi connectivity index (χ1v) is 7.60. The fraction of sp³-hybridized carbons (Fsp3) is 0.250. The van der Waals surface area contributed by atoms with Gasteiger partial charge in [-0.05, 0) is 36.1 Å². The van der Waals surface area contributed by atoms with Gasteiger partial charge in [-0.3, -0.25) is 9.59 Å². The molecule has 0 unspecified atom stereocenters. The molecule has 1 aliphatic carbocycles. The molecule has 2 aromatic rings. The highest BCUT2D eigenvalue weighted by Crippen LogP contribution is 2.35. The van der Waals surface area contributed by atoms with Gasteiger partial charge in [0.2, 0.25) is 5.56 Å². The van der Waals surface area contributed by atoms with Gasteiger partial charge in [-0.2, -0.15) is 0 Å². The van der Waals surface area contributed by atoms with Gasteiger partial charge in [-0.1, -0.05) is 28.1 Å². The molecule has 1 amide bonds. The third-order valence-corrected chi connectivity index (χ3v) is 4.61. The number of hydrogen-bond donors (Lipinski definition) is 1. The fourth-order valence-corrected chi connectivity index (χ4v) is 3.31. The Hall–Kier alpha value is -1.88. The van der Waals surface area contributed by atoms with Crippen molar-refractivity contribution < 1.29 is 4.79 Å². The van der Waals surface area contributed by atoms with Crippen LogP contribution in [0.1, 0.15) is 33.9 Å². The third-order valence-electron chi connectivity index (χ3n) is 3.87. The van der Waals surface area contributed by atoms with Gasteiger partial charge in [0.25, 0.3) is 5.91 Å². The van der Waals surface area contributed by atoms with Gasteiger partial charge >= 0.3 is 0 Å². The lowest BCUT2D eigenvalue weighted by atomic mass is 10.1. The maximum Gasteiger partial charge on any atom is 0.253 e. The van der Waals surface area contributed by atoms with Crippen LogP contribution in [0.5, 0.6) is 0 Å². The normalized spacial score (nSPS) is 16.6. The summed E-state index contributed by atoms with van der Waals surface area (Å²) in [5, 5.41) is 3.05. The number of aromatic nitrogens is 1. The number of rotatable bonds is 2. The Labute approximate surface area is 130 Å². The van der Waals surface area contributed by atoms with E-state index in [9.17, 15) is 9.59 Å². The maximum atomic E-state index is 12.3. The number of carbonyl (C=O) groups is 1. The Balaban J connectivity index is 1.82. The summed E-state index contributed by atoms with van der Waals surface area (Å²) in [6.07, 6.45) is 3.42. The minimum Gasteiger partial charge on any atom is -0.345 e. The molecule has 3 rings (SSSR count). The van der Waals surface area contributed by atoms with Gasteiger partial charge in [-0.25, -0.2) is 0 Å². The summed E-state index contributed by atoms with van der Waals surface area (Å²) < 4.78 is 2.51. The molecule has 5 heteroatoms. The first kappa shape index (κ1) is 14.1. The van der Waals surface area contributed by atoms with Crippen LogP contribution in [-0.4, -0.2) is 10.5 Å². The van der Waals surface area contributed by atoms with E-state index >= 15 is 0 Å². The average Bonchev–Trinajstić information content (AvgIpc) is 2.86. The number of pyridine rings is 1. The number of amides is 1. The van der Waals surface area contributed by atoms with E-state index in [1.165, 1.54) is 21.8 Å². The number of nitrogens with zero attached hydrogens (tertiary/aromatic N) is 1. The van der Waals surface area contributed by atoms with Crippen molar-refractivity contribution in [2.24, 2.45) is 7.05 Å². The second kappa shape index (κ2) is 5.48. The van der Waals surface area contributed by atoms with Gasteiger partial charge in [0.15, 0.2) is 0 Å². The molecule has 1 N–H and O–H groups in total. The van der Waals surface area contributed by atoms with E-state index in [-0.39, 0.29) is 17.5 Å². The van der Waals surface area contributed by atoms with E-state index in [0.29, 0.717) is 5.56 Å². The van der Waals surface area contributed by atoms with Crippen molar-refractivity contribution in [2.75, 3.05) is 0 Å². The van der Waals surface area contributed by atoms with Crippen molar-refractivity contribution in [2.45, 2.75) is 18.9 Å². The van der Waals surface area contributed by atoms with Crippen LogP contribution in [0.2, 0.25) is 0 Å². The van der Waals surface area contributed by atoms with Crippen LogP contribution >= 0.6 is 15.9 Å². The van der Waals surface area contributed by atoms with Crippen molar-refractivity contribution in [3.8, 4) is 0 Å². The predicted molar refractivity (Wildman–Crippen MR) is 84.4 cm³/mol. The second-order valence-electron chi connectivity index (χ2n) is 5.24. The maximum absolute atomic E-state index is 12.3. The molecule has 0 bridgehead atoms. The molecule has 1 atom stereocenters. The molecular weight excluding hydrogens is 332 g/mol. The van der Waals surface area contributed by atoms with Gasteiger partial charge in [-0.15, -0.1) is 0 Å². The molecule has 21 heavy (non-hydrogen) atoms. The summed E-state index contributed by atoms with van der Waals surface area (Å²) >= 11 is 3.55. The van der Waals surface area contributed by atoms with Crippen LogP contribution in [-0.2, 0) is 13.5 Å². The predicted octanol–water partition coefficient (Wildman–Crippen LogP) is 2.57. The zero-order chi connectivity index (χ0) is 15.0. The summed E-state index contributed by atoms with van der Waals surface area (Å²) in [6.45, 7) is 0. The minimum absolute atomic E-state index is 0.0298. The number of carbonyl (C=O) groups excluding carboxylic acids is 1. The van der Waals surface area contributed by atoms with E-state index in [2.05, 4.69) is 27.3 Å². The van der Waals surface area contributed by atoms with E-state index in [1.807, 2.05) is 12.1 Å². The van der Waals surface area contributed by atoms with Crippen LogP contribution in [0, 0.1) is 0 Å². The molecule has 0 fully saturated rings. The summed E-state index contributed by atoms with van der Waals surface area (Å²) in [6, 6.07) is 9.07. The molecule has 1 aliphatic rings. The molecule has 1 aromatic heterocycles. The van der Waals surface area contributed by atoms with E-state index < -0.39 is 0 Å². The molecule has 0 saturated heterocycles. The van der Waals surface area contributed by atoms with Crippen molar-refractivity contribution >= 4 is 21.8 Å². The Morgan fingerprint density at radius 1 is 1.33 bits per heavy atom. The Kier molecular flexibility index (Phi) is 3.68. The van der Waals surface area contributed by atoms with Gasteiger partial charge in [0.1, 0.15) is 0 Å². The minimum atomic E-state index is -0.150. The smallest absolute Gasteiger partial charge is 0.253 e. The Morgan fingerprint density at radius 2 is 2.14 bits per heavy atom. The number of halogens is 1. The Morgan fingerprint density at radius 3 is 2.90 bits per heavy atom. The largest absolute Gasteiger partial charge is 0.345 e. The number of hydrogen-bond acceptors (Lipinski definition) is 2. The molecule has 0 spiro atoms. The van der Waals surface area contributed by atoms with Crippen LogP contribution in [0.4, 0.5) is 0 Å². The number of nitrogens with one attached hydrogen (secondary N) is 1. The van der Waals surface area contributed by atoms with E-state index in [0.717, 1.165) is 17.3 Å². The third kappa shape index (κ3) is 2.65. The van der Waals surface area contributed by atoms with Crippen LogP contribution < -0.4 is 10.9 Å². The van der Waals surface area contributed by atoms with E-state index in [1.54, 1.807) is 19.3 Å². The summed E-state index contributed by atoms with van der Waals surface area (Å²) in [4.78, 5) is 23.7. The second-order valence-corrected chi connectivity index (χ2v) is 6.09. The fourth-order valence-electron chi connectivity index (χ4n) is 2.73. The lowest BCUT2D eigenvalue weighted by Gasteiger charge is -2.14. The molecule has 1 aromatic carbocycles. The molecule has 0 saturated carbocycles. The van der Waals surface area contributed by atoms with Crippen LogP contribution in [0.25, 0.3) is 0 Å². The number of fused-ring (bicyclic) bond motifs is 1. The highest BCUT2D eigenvalue weighted by Gasteiger charge is 2.25. The quantitative estimate of drug-likeness (QED) is 0.908. The molecule has 1 heterocycles. The van der Waals surface area contributed by atoms with Crippen molar-refractivity contribution in [1.82, 2.24) is 9.88 Å². The zero-order valence-electron chi connectivity index (χ0n) is 11.6. The van der Waals surface area contributed by atoms with Crippen LogP contribution in [0.3, 0.4) is 0 Å². The number of benzene rings is 1. The number of aryl methyl sites for hydroxylation is 1. The van der Waals surface area contributed by atoms with E-state index in [4.69, 9.17) is 0 Å².